The number of imidazole rings is 1. The molecule has 16 heavy (non-hydrogen) atoms. The number of aromatic nitrogens is 2. The molecule has 1 fully saturated rings. The molecule has 0 unspecified atom stereocenters. The Morgan fingerprint density at radius 2 is 2.00 bits per heavy atom. The lowest BCUT2D eigenvalue weighted by Gasteiger charge is -2.32. The summed E-state index contributed by atoms with van der Waals surface area (Å²) in [6.07, 6.45) is -0.547. The van der Waals surface area contributed by atoms with E-state index in [0.717, 1.165) is 0 Å². The van der Waals surface area contributed by atoms with Gasteiger partial charge in [-0.15, -0.1) is 0 Å². The molecule has 0 saturated carbocycles. The zero-order valence-electron chi connectivity index (χ0n) is 16.8. The highest BCUT2D eigenvalue weighted by Crippen LogP contribution is 2.36. The van der Waals surface area contributed by atoms with Crippen molar-refractivity contribution >= 4 is 12.7 Å². The van der Waals surface area contributed by atoms with Crippen molar-refractivity contribution in [3.05, 3.63) is 12.0 Å². The summed E-state index contributed by atoms with van der Waals surface area (Å²) in [7, 11) is -1.10. The van der Waals surface area contributed by atoms with Crippen LogP contribution in [0.1, 0.15) is 43.1 Å². The van der Waals surface area contributed by atoms with E-state index in [9.17, 15) is 0 Å². The molecule has 0 radical (unpaired) electrons. The fourth-order valence-electron chi connectivity index (χ4n) is 1.42. The first-order chi connectivity index (χ1) is 10.1. The lowest BCUT2D eigenvalue weighted by Crippen LogP contribution is -2.41. The lowest BCUT2D eigenvalue weighted by molar-refractivity contribution is 0.00578. The average molecular weight is 229 g/mol. The minimum atomic E-state index is -2.84. The van der Waals surface area contributed by atoms with Crippen LogP contribution in [0.3, 0.4) is 0 Å². The molecule has 0 aliphatic carbocycles. The van der Waals surface area contributed by atoms with Crippen molar-refractivity contribution in [2.45, 2.75) is 45.7 Å². The SMILES string of the molecule is [2H]c1c(B2OC(C)(C)C(C)(C)O2)nc(C([2H])([2H])[2H])n1C([2H])([2H])[2H]. The van der Waals surface area contributed by atoms with E-state index in [4.69, 9.17) is 18.9 Å². The average Bonchev–Trinajstić information content (AvgIpc) is 2.73. The van der Waals surface area contributed by atoms with E-state index in [1.165, 1.54) is 0 Å². The first kappa shape index (κ1) is 5.69. The molecule has 1 aromatic rings. The lowest BCUT2D eigenvalue weighted by atomic mass is 9.86. The number of nitrogens with zero attached hydrogens (tertiary/aromatic N) is 2. The van der Waals surface area contributed by atoms with E-state index >= 15 is 0 Å². The van der Waals surface area contributed by atoms with Crippen LogP contribution in [0.15, 0.2) is 6.17 Å². The van der Waals surface area contributed by atoms with Crippen molar-refractivity contribution in [1.82, 2.24) is 9.55 Å². The van der Waals surface area contributed by atoms with Crippen molar-refractivity contribution in [3.8, 4) is 0 Å². The van der Waals surface area contributed by atoms with E-state index in [1.807, 2.05) is 0 Å². The van der Waals surface area contributed by atoms with Crippen LogP contribution in [0, 0.1) is 6.85 Å². The summed E-state index contributed by atoms with van der Waals surface area (Å²) in [5.74, 6) is -0.674. The van der Waals surface area contributed by atoms with Gasteiger partial charge in [-0.2, -0.15) is 0 Å². The monoisotopic (exact) mass is 229 g/mol. The Labute approximate surface area is 107 Å². The Kier molecular flexibility index (Phi) is 1.19. The fraction of sp³-hybridized carbons (Fsp3) is 0.727. The van der Waals surface area contributed by atoms with Crippen LogP contribution in [0.25, 0.3) is 0 Å². The van der Waals surface area contributed by atoms with E-state index in [0.29, 0.717) is 4.57 Å². The summed E-state index contributed by atoms with van der Waals surface area (Å²) in [4.78, 5) is 3.86. The number of aryl methyl sites for hydroxylation is 1. The standard InChI is InChI=1S/C11H19BN2O2/c1-8-13-9(7-14(8)6)12-15-10(2,3)11(4,5)16-12/h7H,1-6H3/i1D3,6D3,7D. The minimum Gasteiger partial charge on any atom is -0.398 e. The second-order valence-electron chi connectivity index (χ2n) is 4.86. The molecule has 1 aliphatic rings. The molecule has 1 aliphatic heterocycles. The van der Waals surface area contributed by atoms with Crippen molar-refractivity contribution in [2.24, 2.45) is 6.98 Å². The maximum absolute atomic E-state index is 8.06. The Hall–Kier alpha value is -0.805. The Morgan fingerprint density at radius 1 is 1.38 bits per heavy atom. The Balaban J connectivity index is 2.57. The van der Waals surface area contributed by atoms with Crippen LogP contribution >= 0.6 is 0 Å². The Morgan fingerprint density at radius 3 is 2.44 bits per heavy atom. The van der Waals surface area contributed by atoms with Crippen LogP contribution < -0.4 is 5.59 Å². The van der Waals surface area contributed by atoms with Crippen molar-refractivity contribution in [2.75, 3.05) is 0 Å². The normalized spacial score (nSPS) is 30.8. The molecule has 0 bridgehead atoms. The maximum atomic E-state index is 8.06. The summed E-state index contributed by atoms with van der Waals surface area (Å²) >= 11 is 0. The molecule has 5 heteroatoms. The smallest absolute Gasteiger partial charge is 0.398 e. The van der Waals surface area contributed by atoms with Gasteiger partial charge in [-0.3, -0.25) is 0 Å². The fourth-order valence-corrected chi connectivity index (χ4v) is 1.42. The summed E-state index contributed by atoms with van der Waals surface area (Å²) in [6, 6.07) is 0. The van der Waals surface area contributed by atoms with Gasteiger partial charge in [0, 0.05) is 21.4 Å². The summed E-state index contributed by atoms with van der Waals surface area (Å²) in [6.45, 7) is 1.57. The maximum Gasteiger partial charge on any atom is 0.516 e. The molecule has 4 nitrogen and oxygen atoms in total. The van der Waals surface area contributed by atoms with Gasteiger partial charge in [0.05, 0.1) is 18.2 Å². The molecule has 0 aromatic carbocycles. The van der Waals surface area contributed by atoms with Crippen LogP contribution in [-0.4, -0.2) is 27.9 Å². The zero-order valence-corrected chi connectivity index (χ0v) is 9.79. The second kappa shape index (κ2) is 3.34. The first-order valence-electron chi connectivity index (χ1n) is 8.54. The number of hydrogen-bond acceptors (Lipinski definition) is 3. The molecular weight excluding hydrogens is 203 g/mol. The van der Waals surface area contributed by atoms with E-state index < -0.39 is 44.1 Å². The van der Waals surface area contributed by atoms with Gasteiger partial charge < -0.3 is 13.9 Å². The number of rotatable bonds is 1. The van der Waals surface area contributed by atoms with Crippen LogP contribution in [0.4, 0.5) is 0 Å². The van der Waals surface area contributed by atoms with Crippen molar-refractivity contribution < 1.29 is 18.9 Å². The first-order valence-corrected chi connectivity index (χ1v) is 5.04. The van der Waals surface area contributed by atoms with Gasteiger partial charge >= 0.3 is 7.12 Å². The molecule has 1 aromatic heterocycles. The third kappa shape index (κ3) is 1.68. The summed E-state index contributed by atoms with van der Waals surface area (Å²) in [5, 5.41) is 0. The predicted octanol–water partition coefficient (Wildman–Crippen LogP) is 1.03. The van der Waals surface area contributed by atoms with Crippen molar-refractivity contribution in [1.29, 1.82) is 0 Å². The molecule has 0 spiro atoms. The predicted molar refractivity (Wildman–Crippen MR) is 63.7 cm³/mol. The quantitative estimate of drug-likeness (QED) is 0.675. The largest absolute Gasteiger partial charge is 0.516 e. The van der Waals surface area contributed by atoms with E-state index in [-0.39, 0.29) is 5.59 Å². The van der Waals surface area contributed by atoms with Gasteiger partial charge in [-0.05, 0) is 34.5 Å². The highest BCUT2D eigenvalue weighted by atomic mass is 16.7. The van der Waals surface area contributed by atoms with Gasteiger partial charge in [0.15, 0.2) is 0 Å². The van der Waals surface area contributed by atoms with Gasteiger partial charge in [0.1, 0.15) is 5.82 Å². The molecule has 0 N–H and O–H groups in total. The van der Waals surface area contributed by atoms with Crippen LogP contribution in [0.2, 0.25) is 0 Å². The highest BCUT2D eigenvalue weighted by Gasteiger charge is 2.52. The topological polar surface area (TPSA) is 36.3 Å². The van der Waals surface area contributed by atoms with Crippen LogP contribution in [-0.2, 0) is 16.3 Å². The molecule has 2 heterocycles. The van der Waals surface area contributed by atoms with Gasteiger partial charge in [0.2, 0.25) is 0 Å². The third-order valence-corrected chi connectivity index (χ3v) is 3.14. The third-order valence-electron chi connectivity index (χ3n) is 3.14. The van der Waals surface area contributed by atoms with Crippen molar-refractivity contribution in [3.63, 3.8) is 0 Å². The van der Waals surface area contributed by atoms with Gasteiger partial charge in [-0.1, -0.05) is 0 Å². The number of hydrogen-bond donors (Lipinski definition) is 0. The minimum absolute atomic E-state index is 0.147. The van der Waals surface area contributed by atoms with Gasteiger partial charge in [0.25, 0.3) is 0 Å². The van der Waals surface area contributed by atoms with E-state index in [1.54, 1.807) is 27.7 Å². The molecule has 0 atom stereocenters. The van der Waals surface area contributed by atoms with Crippen LogP contribution in [0.5, 0.6) is 0 Å². The molecular formula is C11H19BN2O2. The molecule has 88 valence electrons. The molecule has 2 rings (SSSR count). The Bertz CT molecular complexity index is 605. The second-order valence-corrected chi connectivity index (χ2v) is 4.86. The highest BCUT2D eigenvalue weighted by molar-refractivity contribution is 6.61. The molecule has 0 amide bonds. The van der Waals surface area contributed by atoms with Gasteiger partial charge in [-0.25, -0.2) is 4.98 Å². The zero-order chi connectivity index (χ0) is 18.0. The summed E-state index contributed by atoms with van der Waals surface area (Å²) < 4.78 is 64.8. The summed E-state index contributed by atoms with van der Waals surface area (Å²) in [5.41, 5.74) is -1.58. The molecule has 1 saturated heterocycles. The van der Waals surface area contributed by atoms with E-state index in [2.05, 4.69) is 4.98 Å².